The van der Waals surface area contributed by atoms with Crippen LogP contribution in [0.5, 0.6) is 0 Å². The normalized spacial score (nSPS) is 15.4. The van der Waals surface area contributed by atoms with Crippen LogP contribution in [-0.2, 0) is 13.6 Å². The van der Waals surface area contributed by atoms with Crippen molar-refractivity contribution >= 4 is 22.3 Å². The number of benzene rings is 1. The molecule has 0 unspecified atom stereocenters. The molecule has 0 N–H and O–H groups in total. The minimum Gasteiger partial charge on any atom is -0.368 e. The second kappa shape index (κ2) is 6.96. The Bertz CT molecular complexity index is 991. The molecule has 0 amide bonds. The molecule has 0 bridgehead atoms. The number of hydrogen-bond acceptors (Lipinski definition) is 6. The maximum absolute atomic E-state index is 11.4. The molecule has 1 saturated heterocycles. The van der Waals surface area contributed by atoms with Crippen LogP contribution < -0.4 is 4.90 Å². The SMILES string of the molecule is Cc1cc(N2CCN(Cc3nccn3C)CC2)c2cccc([N+](=O)[O-])c2n1. The van der Waals surface area contributed by atoms with Crippen LogP contribution in [0.3, 0.4) is 0 Å². The Kier molecular flexibility index (Phi) is 4.49. The summed E-state index contributed by atoms with van der Waals surface area (Å²) in [6.45, 7) is 6.29. The average Bonchev–Trinajstić information content (AvgIpc) is 3.05. The Labute approximate surface area is 157 Å². The number of nitrogens with zero attached hydrogens (tertiary/aromatic N) is 6. The fourth-order valence-electron chi connectivity index (χ4n) is 3.64. The van der Waals surface area contributed by atoms with Gasteiger partial charge in [-0.05, 0) is 13.0 Å². The van der Waals surface area contributed by atoms with Crippen LogP contribution in [0.4, 0.5) is 11.4 Å². The van der Waals surface area contributed by atoms with Gasteiger partial charge in [-0.3, -0.25) is 15.0 Å². The lowest BCUT2D eigenvalue weighted by atomic mass is 10.1. The quantitative estimate of drug-likeness (QED) is 0.521. The first-order valence-electron chi connectivity index (χ1n) is 9.01. The third-order valence-corrected chi connectivity index (χ3v) is 5.12. The second-order valence-corrected chi connectivity index (χ2v) is 6.93. The lowest BCUT2D eigenvalue weighted by Crippen LogP contribution is -2.46. The molecule has 1 fully saturated rings. The number of rotatable bonds is 4. The molecule has 0 aliphatic carbocycles. The number of nitro groups is 1. The van der Waals surface area contributed by atoms with Crippen molar-refractivity contribution in [1.29, 1.82) is 0 Å². The molecule has 0 radical (unpaired) electrons. The molecule has 1 aromatic carbocycles. The van der Waals surface area contributed by atoms with Crippen LogP contribution in [0.25, 0.3) is 10.9 Å². The molecule has 8 nitrogen and oxygen atoms in total. The summed E-state index contributed by atoms with van der Waals surface area (Å²) in [6, 6.07) is 7.20. The molecule has 8 heteroatoms. The largest absolute Gasteiger partial charge is 0.368 e. The van der Waals surface area contributed by atoms with Crippen molar-refractivity contribution in [1.82, 2.24) is 19.4 Å². The van der Waals surface area contributed by atoms with Crippen LogP contribution in [0.15, 0.2) is 36.7 Å². The van der Waals surface area contributed by atoms with E-state index in [0.29, 0.717) is 5.52 Å². The van der Waals surface area contributed by atoms with E-state index >= 15 is 0 Å². The van der Waals surface area contributed by atoms with Gasteiger partial charge in [0.25, 0.3) is 5.69 Å². The molecule has 0 atom stereocenters. The van der Waals surface area contributed by atoms with Gasteiger partial charge in [0.15, 0.2) is 5.52 Å². The van der Waals surface area contributed by atoms with Crippen molar-refractivity contribution in [2.45, 2.75) is 13.5 Å². The number of imidazole rings is 1. The molecule has 0 saturated carbocycles. The van der Waals surface area contributed by atoms with Crippen molar-refractivity contribution in [2.75, 3.05) is 31.1 Å². The van der Waals surface area contributed by atoms with E-state index in [2.05, 4.69) is 19.8 Å². The molecule has 0 spiro atoms. The van der Waals surface area contributed by atoms with Crippen LogP contribution in [0, 0.1) is 17.0 Å². The predicted molar refractivity (Wildman–Crippen MR) is 104 cm³/mol. The van der Waals surface area contributed by atoms with E-state index in [9.17, 15) is 10.1 Å². The topological polar surface area (TPSA) is 80.3 Å². The van der Waals surface area contributed by atoms with Gasteiger partial charge in [0, 0.05) is 68.5 Å². The molecule has 4 rings (SSSR count). The second-order valence-electron chi connectivity index (χ2n) is 6.93. The smallest absolute Gasteiger partial charge is 0.295 e. The van der Waals surface area contributed by atoms with E-state index in [1.54, 1.807) is 6.07 Å². The molecule has 2 aromatic heterocycles. The summed E-state index contributed by atoms with van der Waals surface area (Å²) in [4.78, 5) is 24.5. The summed E-state index contributed by atoms with van der Waals surface area (Å²) >= 11 is 0. The lowest BCUT2D eigenvalue weighted by molar-refractivity contribution is -0.383. The van der Waals surface area contributed by atoms with Crippen molar-refractivity contribution < 1.29 is 4.92 Å². The van der Waals surface area contributed by atoms with E-state index in [0.717, 1.165) is 55.3 Å². The van der Waals surface area contributed by atoms with Gasteiger partial charge in [0.2, 0.25) is 0 Å². The van der Waals surface area contributed by atoms with E-state index < -0.39 is 0 Å². The van der Waals surface area contributed by atoms with Crippen LogP contribution in [-0.4, -0.2) is 50.5 Å². The highest BCUT2D eigenvalue weighted by Crippen LogP contribution is 2.32. The Morgan fingerprint density at radius 2 is 2.00 bits per heavy atom. The first-order valence-corrected chi connectivity index (χ1v) is 9.01. The number of nitro benzene ring substituents is 1. The predicted octanol–water partition coefficient (Wildman–Crippen LogP) is 2.51. The zero-order valence-corrected chi connectivity index (χ0v) is 15.5. The minimum atomic E-state index is -0.358. The third kappa shape index (κ3) is 3.35. The molecule has 140 valence electrons. The maximum atomic E-state index is 11.4. The summed E-state index contributed by atoms with van der Waals surface area (Å²) in [7, 11) is 2.01. The lowest BCUT2D eigenvalue weighted by Gasteiger charge is -2.36. The molecule has 3 heterocycles. The van der Waals surface area contributed by atoms with Gasteiger partial charge in [-0.1, -0.05) is 12.1 Å². The van der Waals surface area contributed by atoms with Gasteiger partial charge >= 0.3 is 0 Å². The minimum absolute atomic E-state index is 0.0610. The van der Waals surface area contributed by atoms with E-state index in [1.165, 1.54) is 6.07 Å². The van der Waals surface area contributed by atoms with E-state index in [4.69, 9.17) is 0 Å². The zero-order valence-electron chi connectivity index (χ0n) is 15.5. The zero-order chi connectivity index (χ0) is 19.0. The van der Waals surface area contributed by atoms with Gasteiger partial charge in [-0.25, -0.2) is 9.97 Å². The number of para-hydroxylation sites is 1. The van der Waals surface area contributed by atoms with Gasteiger partial charge in [-0.15, -0.1) is 0 Å². The Balaban J connectivity index is 1.58. The highest BCUT2D eigenvalue weighted by molar-refractivity contribution is 5.97. The van der Waals surface area contributed by atoms with Gasteiger partial charge < -0.3 is 9.47 Å². The summed E-state index contributed by atoms with van der Waals surface area (Å²) < 4.78 is 2.05. The number of hydrogen-bond donors (Lipinski definition) is 0. The number of anilines is 1. The Morgan fingerprint density at radius 3 is 2.67 bits per heavy atom. The van der Waals surface area contributed by atoms with Gasteiger partial charge in [0.1, 0.15) is 5.82 Å². The molecule has 1 aliphatic rings. The monoisotopic (exact) mass is 366 g/mol. The highest BCUT2D eigenvalue weighted by Gasteiger charge is 2.22. The average molecular weight is 366 g/mol. The number of fused-ring (bicyclic) bond motifs is 1. The fourth-order valence-corrected chi connectivity index (χ4v) is 3.64. The van der Waals surface area contributed by atoms with Crippen LogP contribution >= 0.6 is 0 Å². The maximum Gasteiger partial charge on any atom is 0.295 e. The van der Waals surface area contributed by atoms with Crippen molar-refractivity contribution in [2.24, 2.45) is 7.05 Å². The molecule has 27 heavy (non-hydrogen) atoms. The summed E-state index contributed by atoms with van der Waals surface area (Å²) in [5.74, 6) is 1.06. The molecule has 3 aromatic rings. The van der Waals surface area contributed by atoms with Crippen LogP contribution in [0.1, 0.15) is 11.5 Å². The standard InChI is InChI=1S/C19H22N6O2/c1-14-12-17(15-4-3-5-16(25(26)27)19(15)21-14)24-10-8-23(9-11-24)13-18-20-6-7-22(18)2/h3-7,12H,8-11,13H2,1-2H3. The summed E-state index contributed by atoms with van der Waals surface area (Å²) in [5.41, 5.74) is 2.35. The van der Waals surface area contributed by atoms with E-state index in [-0.39, 0.29) is 10.6 Å². The Morgan fingerprint density at radius 1 is 1.22 bits per heavy atom. The fraction of sp³-hybridized carbons (Fsp3) is 0.368. The van der Waals surface area contributed by atoms with Crippen molar-refractivity contribution in [3.8, 4) is 0 Å². The third-order valence-electron chi connectivity index (χ3n) is 5.12. The van der Waals surface area contributed by atoms with E-state index in [1.807, 2.05) is 43.1 Å². The first kappa shape index (κ1) is 17.4. The van der Waals surface area contributed by atoms with Crippen molar-refractivity contribution in [3.63, 3.8) is 0 Å². The number of aromatic nitrogens is 3. The first-order chi connectivity index (χ1) is 13.0. The number of aryl methyl sites for hydroxylation is 2. The van der Waals surface area contributed by atoms with Crippen molar-refractivity contribution in [3.05, 3.63) is 58.3 Å². The summed E-state index contributed by atoms with van der Waals surface area (Å²) in [5, 5.41) is 12.2. The molecule has 1 aliphatic heterocycles. The number of piperazine rings is 1. The van der Waals surface area contributed by atoms with Gasteiger partial charge in [-0.2, -0.15) is 0 Å². The summed E-state index contributed by atoms with van der Waals surface area (Å²) in [6.07, 6.45) is 3.79. The Hall–Kier alpha value is -3.00. The number of pyridine rings is 1. The molecular weight excluding hydrogens is 344 g/mol. The van der Waals surface area contributed by atoms with Crippen LogP contribution in [0.2, 0.25) is 0 Å². The van der Waals surface area contributed by atoms with Gasteiger partial charge in [0.05, 0.1) is 11.5 Å². The molecular formula is C19H22N6O2. The highest BCUT2D eigenvalue weighted by atomic mass is 16.6. The number of non-ortho nitro benzene ring substituents is 1.